The number of amides is 1. The van der Waals surface area contributed by atoms with Crippen LogP contribution in [0, 0.1) is 11.7 Å². The molecule has 0 heterocycles. The van der Waals surface area contributed by atoms with Gasteiger partial charge in [-0.05, 0) is 37.0 Å². The number of hydrogen-bond donors (Lipinski definition) is 2. The third-order valence-corrected chi connectivity index (χ3v) is 2.99. The number of hydrogen-bond acceptors (Lipinski definition) is 2. The first-order valence-corrected chi connectivity index (χ1v) is 6.18. The highest BCUT2D eigenvalue weighted by Crippen LogP contribution is 2.16. The van der Waals surface area contributed by atoms with Crippen LogP contribution in [0.5, 0.6) is 0 Å². The molecule has 100 valence electrons. The van der Waals surface area contributed by atoms with E-state index in [0.717, 1.165) is 0 Å². The Morgan fingerprint density at radius 3 is 2.78 bits per heavy atom. The van der Waals surface area contributed by atoms with Crippen LogP contribution in [-0.4, -0.2) is 24.2 Å². The highest BCUT2D eigenvalue weighted by atomic mass is 19.1. The van der Waals surface area contributed by atoms with Crippen LogP contribution in [0.1, 0.15) is 31.7 Å². The summed E-state index contributed by atoms with van der Waals surface area (Å²) in [4.78, 5) is 11.9. The average Bonchev–Trinajstić information content (AvgIpc) is 2.35. The predicted molar refractivity (Wildman–Crippen MR) is 68.7 cm³/mol. The van der Waals surface area contributed by atoms with Gasteiger partial charge in [0.05, 0.1) is 5.92 Å². The van der Waals surface area contributed by atoms with Crippen LogP contribution in [0.3, 0.4) is 0 Å². The third-order valence-electron chi connectivity index (χ3n) is 2.99. The van der Waals surface area contributed by atoms with Gasteiger partial charge in [0.25, 0.3) is 0 Å². The number of benzene rings is 1. The summed E-state index contributed by atoms with van der Waals surface area (Å²) in [7, 11) is 0. The van der Waals surface area contributed by atoms with Crippen molar-refractivity contribution >= 4 is 5.91 Å². The van der Waals surface area contributed by atoms with Crippen molar-refractivity contribution in [2.75, 3.05) is 13.2 Å². The van der Waals surface area contributed by atoms with Crippen LogP contribution in [0.4, 0.5) is 4.39 Å². The molecular weight excluding hydrogens is 233 g/mol. The van der Waals surface area contributed by atoms with Crippen molar-refractivity contribution in [1.29, 1.82) is 0 Å². The molecular formula is C14H20FNO2. The summed E-state index contributed by atoms with van der Waals surface area (Å²) in [6.45, 7) is 4.36. The number of aliphatic hydroxyl groups is 1. The van der Waals surface area contributed by atoms with Gasteiger partial charge in [0.2, 0.25) is 5.91 Å². The lowest BCUT2D eigenvalue weighted by molar-refractivity contribution is -0.122. The van der Waals surface area contributed by atoms with Crippen LogP contribution in [0.15, 0.2) is 24.3 Å². The molecule has 1 amide bonds. The Morgan fingerprint density at radius 1 is 1.44 bits per heavy atom. The smallest absolute Gasteiger partial charge is 0.227 e. The van der Waals surface area contributed by atoms with Gasteiger partial charge in [-0.3, -0.25) is 4.79 Å². The Labute approximate surface area is 107 Å². The fourth-order valence-electron chi connectivity index (χ4n) is 1.68. The molecule has 3 nitrogen and oxygen atoms in total. The van der Waals surface area contributed by atoms with E-state index >= 15 is 0 Å². The van der Waals surface area contributed by atoms with Crippen LogP contribution in [0.2, 0.25) is 0 Å². The molecule has 0 spiro atoms. The third kappa shape index (κ3) is 4.45. The first-order chi connectivity index (χ1) is 8.54. The zero-order valence-corrected chi connectivity index (χ0v) is 10.8. The number of aliphatic hydroxyl groups excluding tert-OH is 1. The van der Waals surface area contributed by atoms with Gasteiger partial charge in [0, 0.05) is 13.2 Å². The molecule has 0 aliphatic heterocycles. The lowest BCUT2D eigenvalue weighted by atomic mass is 10.00. The molecule has 0 radical (unpaired) electrons. The second-order valence-electron chi connectivity index (χ2n) is 4.64. The minimum atomic E-state index is -0.373. The van der Waals surface area contributed by atoms with Crippen LogP contribution < -0.4 is 5.32 Å². The molecule has 0 saturated heterocycles. The molecule has 0 fully saturated rings. The van der Waals surface area contributed by atoms with E-state index in [1.54, 1.807) is 19.1 Å². The molecule has 1 aromatic rings. The topological polar surface area (TPSA) is 49.3 Å². The maximum Gasteiger partial charge on any atom is 0.227 e. The Morgan fingerprint density at radius 2 is 2.17 bits per heavy atom. The van der Waals surface area contributed by atoms with E-state index in [1.807, 2.05) is 6.92 Å². The highest BCUT2D eigenvalue weighted by Gasteiger charge is 2.15. The van der Waals surface area contributed by atoms with Gasteiger partial charge in [0.15, 0.2) is 0 Å². The zero-order valence-electron chi connectivity index (χ0n) is 10.8. The predicted octanol–water partition coefficient (Wildman–Crippen LogP) is 2.06. The molecule has 18 heavy (non-hydrogen) atoms. The van der Waals surface area contributed by atoms with Crippen LogP contribution >= 0.6 is 0 Å². The molecule has 0 bridgehead atoms. The number of nitrogens with one attached hydrogen (secondary N) is 1. The lowest BCUT2D eigenvalue weighted by Crippen LogP contribution is -2.32. The monoisotopic (exact) mass is 253 g/mol. The number of rotatable bonds is 6. The van der Waals surface area contributed by atoms with E-state index in [1.165, 1.54) is 12.1 Å². The van der Waals surface area contributed by atoms with E-state index in [4.69, 9.17) is 5.11 Å². The van der Waals surface area contributed by atoms with Crippen molar-refractivity contribution in [3.8, 4) is 0 Å². The summed E-state index contributed by atoms with van der Waals surface area (Å²) in [6.07, 6.45) is 0.661. The van der Waals surface area contributed by atoms with Crippen molar-refractivity contribution < 1.29 is 14.3 Å². The normalized spacial score (nSPS) is 14.0. The molecule has 1 rings (SSSR count). The Kier molecular flexibility index (Phi) is 5.78. The largest absolute Gasteiger partial charge is 0.396 e. The Bertz CT molecular complexity index is 395. The van der Waals surface area contributed by atoms with Gasteiger partial charge < -0.3 is 10.4 Å². The van der Waals surface area contributed by atoms with E-state index in [2.05, 4.69) is 5.32 Å². The molecule has 1 aromatic carbocycles. The SMILES string of the molecule is CC(CCO)CNC(=O)C(C)c1cccc(F)c1. The van der Waals surface area contributed by atoms with Gasteiger partial charge >= 0.3 is 0 Å². The van der Waals surface area contributed by atoms with Crippen molar-refractivity contribution in [3.05, 3.63) is 35.6 Å². The van der Waals surface area contributed by atoms with Crippen molar-refractivity contribution in [2.24, 2.45) is 5.92 Å². The minimum absolute atomic E-state index is 0.120. The Hall–Kier alpha value is -1.42. The second-order valence-corrected chi connectivity index (χ2v) is 4.64. The molecule has 0 saturated carbocycles. The maximum absolute atomic E-state index is 13.0. The quantitative estimate of drug-likeness (QED) is 0.815. The van der Waals surface area contributed by atoms with Crippen LogP contribution in [0.25, 0.3) is 0 Å². The highest BCUT2D eigenvalue weighted by molar-refractivity contribution is 5.83. The van der Waals surface area contributed by atoms with E-state index in [0.29, 0.717) is 18.5 Å². The summed E-state index contributed by atoms with van der Waals surface area (Å²) in [5.41, 5.74) is 0.669. The van der Waals surface area contributed by atoms with Gasteiger partial charge in [-0.15, -0.1) is 0 Å². The lowest BCUT2D eigenvalue weighted by Gasteiger charge is -2.15. The summed E-state index contributed by atoms with van der Waals surface area (Å²) in [5, 5.41) is 11.6. The van der Waals surface area contributed by atoms with Gasteiger partial charge in [-0.1, -0.05) is 19.1 Å². The van der Waals surface area contributed by atoms with E-state index in [9.17, 15) is 9.18 Å². The second kappa shape index (κ2) is 7.11. The number of carbonyl (C=O) groups is 1. The van der Waals surface area contributed by atoms with Crippen molar-refractivity contribution in [3.63, 3.8) is 0 Å². The fourth-order valence-corrected chi connectivity index (χ4v) is 1.68. The van der Waals surface area contributed by atoms with E-state index < -0.39 is 0 Å². The molecule has 0 aliphatic rings. The standard InChI is InChI=1S/C14H20FNO2/c1-10(6-7-17)9-16-14(18)11(2)12-4-3-5-13(15)8-12/h3-5,8,10-11,17H,6-7,9H2,1-2H3,(H,16,18). The fraction of sp³-hybridized carbons (Fsp3) is 0.500. The molecule has 2 N–H and O–H groups in total. The van der Waals surface area contributed by atoms with E-state index in [-0.39, 0.29) is 30.2 Å². The minimum Gasteiger partial charge on any atom is -0.396 e. The average molecular weight is 253 g/mol. The first kappa shape index (κ1) is 14.6. The zero-order chi connectivity index (χ0) is 13.5. The van der Waals surface area contributed by atoms with Gasteiger partial charge in [-0.25, -0.2) is 4.39 Å². The summed E-state index contributed by atoms with van der Waals surface area (Å²) < 4.78 is 13.0. The molecule has 2 atom stereocenters. The maximum atomic E-state index is 13.0. The summed E-state index contributed by atoms with van der Waals surface area (Å²) in [5.74, 6) is -0.591. The first-order valence-electron chi connectivity index (χ1n) is 6.18. The summed E-state index contributed by atoms with van der Waals surface area (Å²) >= 11 is 0. The molecule has 4 heteroatoms. The van der Waals surface area contributed by atoms with Crippen molar-refractivity contribution in [1.82, 2.24) is 5.32 Å². The molecule has 2 unspecified atom stereocenters. The number of carbonyl (C=O) groups excluding carboxylic acids is 1. The number of halogens is 1. The molecule has 0 aromatic heterocycles. The Balaban J connectivity index is 2.51. The van der Waals surface area contributed by atoms with Gasteiger partial charge in [-0.2, -0.15) is 0 Å². The van der Waals surface area contributed by atoms with Crippen molar-refractivity contribution in [2.45, 2.75) is 26.2 Å². The summed E-state index contributed by atoms with van der Waals surface area (Å²) in [6, 6.07) is 6.08. The van der Waals surface area contributed by atoms with Gasteiger partial charge in [0.1, 0.15) is 5.82 Å². The molecule has 0 aliphatic carbocycles. The van der Waals surface area contributed by atoms with Crippen LogP contribution in [-0.2, 0) is 4.79 Å².